The standard InChI is InChI=1S/C12H20N2O4S2/c1-9(6-7-19(3)15)14-20(16,17)12-8-10(13)4-5-11(12)18-2/h4-5,8-9,14H,6-7,13H2,1-3H3. The number of hydrogen-bond donors (Lipinski definition) is 2. The van der Waals surface area contributed by atoms with Crippen molar-refractivity contribution in [1.29, 1.82) is 0 Å². The van der Waals surface area contributed by atoms with E-state index in [0.717, 1.165) is 0 Å². The lowest BCUT2D eigenvalue weighted by atomic mass is 10.3. The Bertz CT molecular complexity index is 587. The van der Waals surface area contributed by atoms with E-state index in [9.17, 15) is 12.6 Å². The molecule has 1 aromatic carbocycles. The van der Waals surface area contributed by atoms with E-state index in [1.165, 1.54) is 19.2 Å². The highest BCUT2D eigenvalue weighted by atomic mass is 32.2. The molecular weight excluding hydrogens is 300 g/mol. The van der Waals surface area contributed by atoms with Crippen LogP contribution in [0.1, 0.15) is 13.3 Å². The van der Waals surface area contributed by atoms with E-state index in [0.29, 0.717) is 17.9 Å². The van der Waals surface area contributed by atoms with Gasteiger partial charge in [0.05, 0.1) is 7.11 Å². The lowest BCUT2D eigenvalue weighted by molar-refractivity contribution is 0.402. The summed E-state index contributed by atoms with van der Waals surface area (Å²) >= 11 is 0. The van der Waals surface area contributed by atoms with Crippen molar-refractivity contribution in [1.82, 2.24) is 4.72 Å². The Labute approximate surface area is 122 Å². The minimum Gasteiger partial charge on any atom is -0.495 e. The van der Waals surface area contributed by atoms with Crippen LogP contribution in [-0.2, 0) is 20.8 Å². The highest BCUT2D eigenvalue weighted by Crippen LogP contribution is 2.26. The van der Waals surface area contributed by atoms with Gasteiger partial charge in [-0.2, -0.15) is 0 Å². The fourth-order valence-corrected chi connectivity index (χ4v) is 3.80. The Morgan fingerprint density at radius 2 is 2.10 bits per heavy atom. The first-order valence-corrected chi connectivity index (χ1v) is 9.23. The summed E-state index contributed by atoms with van der Waals surface area (Å²) in [7, 11) is -3.28. The van der Waals surface area contributed by atoms with Crippen molar-refractivity contribution >= 4 is 26.5 Å². The monoisotopic (exact) mass is 320 g/mol. The summed E-state index contributed by atoms with van der Waals surface area (Å²) in [4.78, 5) is 0.00414. The zero-order chi connectivity index (χ0) is 15.3. The fourth-order valence-electron chi connectivity index (χ4n) is 1.63. The molecule has 0 aliphatic heterocycles. The largest absolute Gasteiger partial charge is 0.495 e. The lowest BCUT2D eigenvalue weighted by Gasteiger charge is -2.15. The van der Waals surface area contributed by atoms with Crippen LogP contribution in [0.4, 0.5) is 5.69 Å². The van der Waals surface area contributed by atoms with E-state index < -0.39 is 20.8 Å². The van der Waals surface area contributed by atoms with E-state index in [1.807, 2.05) is 0 Å². The SMILES string of the molecule is COc1ccc(N)cc1S(=O)(=O)NC(C)CCS(C)=O. The van der Waals surface area contributed by atoms with Gasteiger partial charge in [0.2, 0.25) is 10.0 Å². The van der Waals surface area contributed by atoms with Crippen molar-refractivity contribution in [2.45, 2.75) is 24.3 Å². The Morgan fingerprint density at radius 3 is 2.65 bits per heavy atom. The van der Waals surface area contributed by atoms with Gasteiger partial charge in [-0.25, -0.2) is 13.1 Å². The lowest BCUT2D eigenvalue weighted by Crippen LogP contribution is -2.33. The number of methoxy groups -OCH3 is 1. The molecule has 0 bridgehead atoms. The summed E-state index contributed by atoms with van der Waals surface area (Å²) in [6.45, 7) is 1.73. The van der Waals surface area contributed by atoms with Crippen molar-refractivity contribution < 1.29 is 17.4 Å². The van der Waals surface area contributed by atoms with Crippen LogP contribution in [0.2, 0.25) is 0 Å². The molecule has 1 rings (SSSR count). The molecule has 0 aromatic heterocycles. The van der Waals surface area contributed by atoms with E-state index in [-0.39, 0.29) is 16.7 Å². The average Bonchev–Trinajstić information content (AvgIpc) is 2.36. The molecule has 0 amide bonds. The first-order chi connectivity index (χ1) is 9.26. The minimum absolute atomic E-state index is 0.00414. The number of sulfonamides is 1. The maximum Gasteiger partial charge on any atom is 0.244 e. The highest BCUT2D eigenvalue weighted by Gasteiger charge is 2.22. The molecule has 8 heteroatoms. The summed E-state index contributed by atoms with van der Waals surface area (Å²) in [6.07, 6.45) is 2.08. The molecule has 0 aliphatic carbocycles. The van der Waals surface area contributed by atoms with Crippen molar-refractivity contribution in [2.75, 3.05) is 24.9 Å². The van der Waals surface area contributed by atoms with Crippen LogP contribution >= 0.6 is 0 Å². The number of nitrogen functional groups attached to an aromatic ring is 1. The van der Waals surface area contributed by atoms with Gasteiger partial charge in [-0.05, 0) is 31.5 Å². The van der Waals surface area contributed by atoms with Gasteiger partial charge in [0.15, 0.2) is 0 Å². The maximum atomic E-state index is 12.3. The van der Waals surface area contributed by atoms with Gasteiger partial charge in [0.25, 0.3) is 0 Å². The van der Waals surface area contributed by atoms with E-state index in [1.54, 1.807) is 19.2 Å². The number of rotatable bonds is 7. The molecule has 0 saturated carbocycles. The van der Waals surface area contributed by atoms with Crippen LogP contribution in [0, 0.1) is 0 Å². The molecule has 0 heterocycles. The molecule has 0 spiro atoms. The van der Waals surface area contributed by atoms with Gasteiger partial charge in [0, 0.05) is 34.5 Å². The average molecular weight is 320 g/mol. The van der Waals surface area contributed by atoms with Gasteiger partial charge in [0.1, 0.15) is 10.6 Å². The van der Waals surface area contributed by atoms with Crippen LogP contribution in [0.5, 0.6) is 5.75 Å². The smallest absolute Gasteiger partial charge is 0.244 e. The zero-order valence-corrected chi connectivity index (χ0v) is 13.4. The van der Waals surface area contributed by atoms with Crippen LogP contribution in [-0.4, -0.2) is 37.8 Å². The third-order valence-corrected chi connectivity index (χ3v) is 5.09. The van der Waals surface area contributed by atoms with Crippen LogP contribution in [0.25, 0.3) is 0 Å². The quantitative estimate of drug-likeness (QED) is 0.721. The Kier molecular flexibility index (Phi) is 5.97. The second kappa shape index (κ2) is 7.05. The number of benzene rings is 1. The topological polar surface area (TPSA) is 98.5 Å². The maximum absolute atomic E-state index is 12.3. The molecule has 3 N–H and O–H groups in total. The third kappa shape index (κ3) is 4.77. The first-order valence-electron chi connectivity index (χ1n) is 6.02. The summed E-state index contributed by atoms with van der Waals surface area (Å²) in [5.41, 5.74) is 5.96. The van der Waals surface area contributed by atoms with Gasteiger partial charge in [-0.1, -0.05) is 0 Å². The Balaban J connectivity index is 2.93. The molecule has 2 unspecified atom stereocenters. The second-order valence-corrected chi connectivity index (χ2v) is 7.74. The predicted octanol–water partition coefficient (Wildman–Crippen LogP) is 0.713. The Hall–Kier alpha value is -1.12. The van der Waals surface area contributed by atoms with Gasteiger partial charge in [-0.15, -0.1) is 0 Å². The number of nitrogens with one attached hydrogen (secondary N) is 1. The molecule has 0 radical (unpaired) electrons. The first kappa shape index (κ1) is 16.9. The molecule has 6 nitrogen and oxygen atoms in total. The summed E-state index contributed by atoms with van der Waals surface area (Å²) in [6, 6.07) is 4.11. The van der Waals surface area contributed by atoms with Crippen molar-refractivity contribution in [2.24, 2.45) is 0 Å². The zero-order valence-electron chi connectivity index (χ0n) is 11.8. The van der Waals surface area contributed by atoms with Gasteiger partial charge < -0.3 is 10.5 Å². The van der Waals surface area contributed by atoms with Crippen LogP contribution < -0.4 is 15.2 Å². The normalized spacial score (nSPS) is 14.8. The molecular formula is C12H20N2O4S2. The van der Waals surface area contributed by atoms with Crippen molar-refractivity contribution in [3.63, 3.8) is 0 Å². The number of hydrogen-bond acceptors (Lipinski definition) is 5. The predicted molar refractivity (Wildman–Crippen MR) is 80.7 cm³/mol. The minimum atomic E-state index is -3.73. The van der Waals surface area contributed by atoms with E-state index >= 15 is 0 Å². The van der Waals surface area contributed by atoms with Crippen molar-refractivity contribution in [3.8, 4) is 5.75 Å². The summed E-state index contributed by atoms with van der Waals surface area (Å²) in [5.74, 6) is 0.676. The van der Waals surface area contributed by atoms with Crippen molar-refractivity contribution in [3.05, 3.63) is 18.2 Å². The van der Waals surface area contributed by atoms with Gasteiger partial charge >= 0.3 is 0 Å². The number of nitrogens with two attached hydrogens (primary N) is 1. The molecule has 20 heavy (non-hydrogen) atoms. The number of anilines is 1. The number of ether oxygens (including phenoxy) is 1. The van der Waals surface area contributed by atoms with E-state index in [4.69, 9.17) is 10.5 Å². The summed E-state index contributed by atoms with van der Waals surface area (Å²) in [5, 5.41) is 0. The van der Waals surface area contributed by atoms with Crippen LogP contribution in [0.15, 0.2) is 23.1 Å². The molecule has 0 saturated heterocycles. The Morgan fingerprint density at radius 1 is 1.45 bits per heavy atom. The van der Waals surface area contributed by atoms with Gasteiger partial charge in [-0.3, -0.25) is 4.21 Å². The molecule has 114 valence electrons. The summed E-state index contributed by atoms with van der Waals surface area (Å²) < 4.78 is 43.2. The third-order valence-electron chi connectivity index (χ3n) is 2.67. The highest BCUT2D eigenvalue weighted by molar-refractivity contribution is 7.89. The molecule has 0 fully saturated rings. The molecule has 2 atom stereocenters. The molecule has 1 aromatic rings. The fraction of sp³-hybridized carbons (Fsp3) is 0.500. The molecule has 0 aliphatic rings. The van der Waals surface area contributed by atoms with Crippen LogP contribution in [0.3, 0.4) is 0 Å². The van der Waals surface area contributed by atoms with E-state index in [2.05, 4.69) is 4.72 Å². The second-order valence-electron chi connectivity index (χ2n) is 4.50.